The molecule has 1 saturated heterocycles. The number of aliphatic hydroxyl groups excluding tert-OH is 1. The second-order valence-electron chi connectivity index (χ2n) is 4.84. The highest BCUT2D eigenvalue weighted by Gasteiger charge is 2.21. The van der Waals surface area contributed by atoms with E-state index in [9.17, 15) is 0 Å². The fourth-order valence-corrected chi connectivity index (χ4v) is 3.21. The van der Waals surface area contributed by atoms with Gasteiger partial charge in [-0.2, -0.15) is 0 Å². The molecule has 2 rings (SSSR count). The number of hydrogen-bond donors (Lipinski definition) is 1. The van der Waals surface area contributed by atoms with Crippen molar-refractivity contribution < 1.29 is 5.11 Å². The van der Waals surface area contributed by atoms with E-state index in [4.69, 9.17) is 5.11 Å². The molecule has 1 aromatic heterocycles. The summed E-state index contributed by atoms with van der Waals surface area (Å²) < 4.78 is 0. The van der Waals surface area contributed by atoms with E-state index in [2.05, 4.69) is 22.2 Å². The summed E-state index contributed by atoms with van der Waals surface area (Å²) in [7, 11) is 0. The number of rotatable bonds is 4. The Kier molecular flexibility index (Phi) is 4.95. The van der Waals surface area contributed by atoms with Gasteiger partial charge in [-0.25, -0.2) is 4.98 Å². The van der Waals surface area contributed by atoms with Gasteiger partial charge in [0.15, 0.2) is 0 Å². The van der Waals surface area contributed by atoms with Crippen LogP contribution in [0, 0.1) is 6.92 Å². The van der Waals surface area contributed by atoms with Gasteiger partial charge in [0.05, 0.1) is 10.7 Å². The van der Waals surface area contributed by atoms with Crippen LogP contribution in [0.1, 0.15) is 42.8 Å². The van der Waals surface area contributed by atoms with Crippen LogP contribution in [-0.2, 0) is 6.54 Å². The highest BCUT2D eigenvalue weighted by Crippen LogP contribution is 2.21. The monoisotopic (exact) mass is 254 g/mol. The molecule has 1 fully saturated rings. The summed E-state index contributed by atoms with van der Waals surface area (Å²) in [5.41, 5.74) is 1.19. The number of nitrogens with zero attached hydrogens (tertiary/aromatic N) is 2. The van der Waals surface area contributed by atoms with Gasteiger partial charge >= 0.3 is 0 Å². The van der Waals surface area contributed by atoms with Crippen molar-refractivity contribution in [3.05, 3.63) is 16.1 Å². The van der Waals surface area contributed by atoms with Gasteiger partial charge in [0, 0.05) is 24.6 Å². The van der Waals surface area contributed by atoms with Crippen LogP contribution in [0.15, 0.2) is 5.38 Å². The summed E-state index contributed by atoms with van der Waals surface area (Å²) >= 11 is 1.73. The molecule has 1 aromatic rings. The summed E-state index contributed by atoms with van der Waals surface area (Å²) in [5.74, 6) is 0. The Morgan fingerprint density at radius 2 is 2.35 bits per heavy atom. The Morgan fingerprint density at radius 3 is 3.06 bits per heavy atom. The topological polar surface area (TPSA) is 36.4 Å². The van der Waals surface area contributed by atoms with E-state index in [1.54, 1.807) is 11.3 Å². The van der Waals surface area contributed by atoms with Crippen LogP contribution in [0.2, 0.25) is 0 Å². The highest BCUT2D eigenvalue weighted by atomic mass is 32.1. The Bertz CT molecular complexity index is 340. The van der Waals surface area contributed by atoms with Gasteiger partial charge in [0.2, 0.25) is 0 Å². The minimum Gasteiger partial charge on any atom is -0.396 e. The summed E-state index contributed by atoms with van der Waals surface area (Å²) in [6.07, 6.45) is 6.05. The molecule has 2 heterocycles. The maximum atomic E-state index is 9.16. The molecule has 1 atom stereocenters. The summed E-state index contributed by atoms with van der Waals surface area (Å²) in [6, 6.07) is 0.546. The lowest BCUT2D eigenvalue weighted by atomic mass is 10.1. The fraction of sp³-hybridized carbons (Fsp3) is 0.769. The van der Waals surface area contributed by atoms with Crippen molar-refractivity contribution in [2.24, 2.45) is 0 Å². The second-order valence-corrected chi connectivity index (χ2v) is 5.91. The zero-order valence-corrected chi connectivity index (χ0v) is 11.4. The van der Waals surface area contributed by atoms with Gasteiger partial charge in [-0.1, -0.05) is 12.8 Å². The van der Waals surface area contributed by atoms with Crippen LogP contribution in [0.3, 0.4) is 0 Å². The lowest BCUT2D eigenvalue weighted by molar-refractivity contribution is 0.150. The van der Waals surface area contributed by atoms with Crippen molar-refractivity contribution in [1.82, 2.24) is 9.88 Å². The SMILES string of the molecule is Cc1nc(CN2CCCCCC2CCO)cs1. The molecule has 4 heteroatoms. The van der Waals surface area contributed by atoms with Crippen LogP contribution in [0.4, 0.5) is 0 Å². The predicted molar refractivity (Wildman–Crippen MR) is 71.2 cm³/mol. The number of aliphatic hydroxyl groups is 1. The Hall–Kier alpha value is -0.450. The molecule has 0 spiro atoms. The van der Waals surface area contributed by atoms with Crippen LogP contribution in [0.5, 0.6) is 0 Å². The van der Waals surface area contributed by atoms with E-state index in [1.165, 1.54) is 31.4 Å². The molecule has 1 aliphatic heterocycles. The third-order valence-electron chi connectivity index (χ3n) is 3.49. The molecule has 0 radical (unpaired) electrons. The third kappa shape index (κ3) is 3.76. The average molecular weight is 254 g/mol. The molecule has 1 aliphatic rings. The minimum atomic E-state index is 0.303. The number of aryl methyl sites for hydroxylation is 1. The van der Waals surface area contributed by atoms with Gasteiger partial charge in [-0.05, 0) is 32.7 Å². The number of thiazole rings is 1. The number of aromatic nitrogens is 1. The zero-order valence-electron chi connectivity index (χ0n) is 10.6. The second kappa shape index (κ2) is 6.47. The number of hydrogen-bond acceptors (Lipinski definition) is 4. The predicted octanol–water partition coefficient (Wildman–Crippen LogP) is 2.58. The van der Waals surface area contributed by atoms with Crippen molar-refractivity contribution in [2.75, 3.05) is 13.2 Å². The van der Waals surface area contributed by atoms with Crippen LogP contribution in [0.25, 0.3) is 0 Å². The van der Waals surface area contributed by atoms with E-state index < -0.39 is 0 Å². The zero-order chi connectivity index (χ0) is 12.1. The van der Waals surface area contributed by atoms with Gasteiger partial charge < -0.3 is 5.11 Å². The first-order valence-corrected chi connectivity index (χ1v) is 7.43. The fourth-order valence-electron chi connectivity index (χ4n) is 2.61. The average Bonchev–Trinajstić information content (AvgIpc) is 2.58. The van der Waals surface area contributed by atoms with Gasteiger partial charge in [-0.3, -0.25) is 4.90 Å². The first kappa shape index (κ1) is 13.0. The summed E-state index contributed by atoms with van der Waals surface area (Å²) in [5, 5.41) is 12.5. The van der Waals surface area contributed by atoms with Crippen molar-refractivity contribution in [3.63, 3.8) is 0 Å². The third-order valence-corrected chi connectivity index (χ3v) is 4.32. The van der Waals surface area contributed by atoms with Crippen LogP contribution < -0.4 is 0 Å². The van der Waals surface area contributed by atoms with Gasteiger partial charge in [0.25, 0.3) is 0 Å². The van der Waals surface area contributed by atoms with Crippen molar-refractivity contribution in [1.29, 1.82) is 0 Å². The smallest absolute Gasteiger partial charge is 0.0897 e. The molecule has 0 saturated carbocycles. The minimum absolute atomic E-state index is 0.303. The first-order valence-electron chi connectivity index (χ1n) is 6.55. The Labute approximate surface area is 107 Å². The molecule has 3 nitrogen and oxygen atoms in total. The van der Waals surface area contributed by atoms with E-state index in [1.807, 2.05) is 0 Å². The van der Waals surface area contributed by atoms with Gasteiger partial charge in [0.1, 0.15) is 0 Å². The lowest BCUT2D eigenvalue weighted by Crippen LogP contribution is -2.35. The van der Waals surface area contributed by atoms with Crippen molar-refractivity contribution in [3.8, 4) is 0 Å². The maximum absolute atomic E-state index is 9.16. The molecule has 0 amide bonds. The van der Waals surface area contributed by atoms with Crippen LogP contribution >= 0.6 is 11.3 Å². The Morgan fingerprint density at radius 1 is 1.47 bits per heavy atom. The molecule has 1 N–H and O–H groups in total. The van der Waals surface area contributed by atoms with Crippen molar-refractivity contribution >= 4 is 11.3 Å². The molecular weight excluding hydrogens is 232 g/mol. The normalized spacial score (nSPS) is 22.6. The Balaban J connectivity index is 1.99. The molecule has 0 bridgehead atoms. The lowest BCUT2D eigenvalue weighted by Gasteiger charge is -2.28. The maximum Gasteiger partial charge on any atom is 0.0897 e. The number of likely N-dealkylation sites (tertiary alicyclic amines) is 1. The van der Waals surface area contributed by atoms with Crippen molar-refractivity contribution in [2.45, 2.75) is 51.6 Å². The molecule has 17 heavy (non-hydrogen) atoms. The first-order chi connectivity index (χ1) is 8.29. The van der Waals surface area contributed by atoms with E-state index in [-0.39, 0.29) is 0 Å². The molecular formula is C13H22N2OS. The van der Waals surface area contributed by atoms with E-state index >= 15 is 0 Å². The van der Waals surface area contributed by atoms with Crippen LogP contribution in [-0.4, -0.2) is 34.2 Å². The molecule has 96 valence electrons. The summed E-state index contributed by atoms with van der Waals surface area (Å²) in [4.78, 5) is 7.06. The van der Waals surface area contributed by atoms with E-state index in [0.717, 1.165) is 24.5 Å². The summed E-state index contributed by atoms with van der Waals surface area (Å²) in [6.45, 7) is 4.47. The van der Waals surface area contributed by atoms with Gasteiger partial charge in [-0.15, -0.1) is 11.3 Å². The largest absolute Gasteiger partial charge is 0.396 e. The molecule has 0 aliphatic carbocycles. The molecule has 1 unspecified atom stereocenters. The molecule has 0 aromatic carbocycles. The standard InChI is InChI=1S/C13H22N2OS/c1-11-14-12(10-17-11)9-15-7-4-2-3-5-13(15)6-8-16/h10,13,16H,2-9H2,1H3. The quantitative estimate of drug-likeness (QED) is 0.897. The van der Waals surface area contributed by atoms with E-state index in [0.29, 0.717) is 12.6 Å². The highest BCUT2D eigenvalue weighted by molar-refractivity contribution is 7.09.